The fourth-order valence-corrected chi connectivity index (χ4v) is 3.78. The van der Waals surface area contributed by atoms with E-state index in [1.807, 2.05) is 25.1 Å². The number of hydrogen-bond acceptors (Lipinski definition) is 4. The molecule has 1 aromatic rings. The van der Waals surface area contributed by atoms with Crippen LogP contribution in [0.1, 0.15) is 51.0 Å². The van der Waals surface area contributed by atoms with Gasteiger partial charge in [0.1, 0.15) is 0 Å². The van der Waals surface area contributed by atoms with Crippen molar-refractivity contribution >= 4 is 35.8 Å². The van der Waals surface area contributed by atoms with Crippen molar-refractivity contribution in [2.75, 3.05) is 20.8 Å². The zero-order valence-electron chi connectivity index (χ0n) is 18.2. The molecule has 2 aliphatic rings. The van der Waals surface area contributed by atoms with Crippen LogP contribution in [0.15, 0.2) is 23.2 Å². The molecule has 3 rings (SSSR count). The summed E-state index contributed by atoms with van der Waals surface area (Å²) in [7, 11) is 3.42. The number of nitrogens with one attached hydrogen (secondary N) is 3. The number of hydrogen-bond donors (Lipinski definition) is 3. The van der Waals surface area contributed by atoms with Gasteiger partial charge in [0.25, 0.3) is 0 Å². The summed E-state index contributed by atoms with van der Waals surface area (Å²) >= 11 is 0. The highest BCUT2D eigenvalue weighted by atomic mass is 127. The molecular weight excluding hydrogens is 495 g/mol. The van der Waals surface area contributed by atoms with Gasteiger partial charge in [-0.3, -0.25) is 9.79 Å². The summed E-state index contributed by atoms with van der Waals surface area (Å²) < 4.78 is 11.0. The Hall–Kier alpha value is -1.71. The van der Waals surface area contributed by atoms with Crippen molar-refractivity contribution in [2.45, 2.75) is 64.1 Å². The Labute approximate surface area is 196 Å². The first-order chi connectivity index (χ1) is 14.1. The van der Waals surface area contributed by atoms with Gasteiger partial charge in [-0.1, -0.05) is 12.5 Å². The van der Waals surface area contributed by atoms with Crippen LogP contribution in [0.2, 0.25) is 0 Å². The predicted octanol–water partition coefficient (Wildman–Crippen LogP) is 3.21. The number of halogens is 1. The third kappa shape index (κ3) is 7.21. The molecule has 7 nitrogen and oxygen atoms in total. The van der Waals surface area contributed by atoms with Gasteiger partial charge in [0.15, 0.2) is 17.5 Å². The number of guanidine groups is 1. The number of ether oxygens (including phenoxy) is 2. The highest BCUT2D eigenvalue weighted by Crippen LogP contribution is 2.28. The normalized spacial score (nSPS) is 21.2. The first-order valence-electron chi connectivity index (χ1n) is 10.7. The molecule has 168 valence electrons. The van der Waals surface area contributed by atoms with Crippen molar-refractivity contribution in [3.63, 3.8) is 0 Å². The van der Waals surface area contributed by atoms with E-state index in [0.29, 0.717) is 19.2 Å². The second-order valence-electron chi connectivity index (χ2n) is 7.83. The monoisotopic (exact) mass is 530 g/mol. The molecule has 2 fully saturated rings. The fraction of sp³-hybridized carbons (Fsp3) is 0.636. The van der Waals surface area contributed by atoms with E-state index >= 15 is 0 Å². The third-order valence-corrected chi connectivity index (χ3v) is 5.52. The number of amides is 1. The Morgan fingerprint density at radius 1 is 1.13 bits per heavy atom. The molecule has 0 radical (unpaired) electrons. The molecule has 1 aromatic carbocycles. The zero-order valence-corrected chi connectivity index (χ0v) is 20.5. The molecule has 2 atom stereocenters. The van der Waals surface area contributed by atoms with Crippen LogP contribution in [0.5, 0.6) is 11.5 Å². The lowest BCUT2D eigenvalue weighted by molar-refractivity contribution is -0.126. The second kappa shape index (κ2) is 12.2. The number of carbonyl (C=O) groups excluding carboxylic acids is 1. The fourth-order valence-electron chi connectivity index (χ4n) is 3.78. The summed E-state index contributed by atoms with van der Waals surface area (Å²) in [6.45, 7) is 3.17. The van der Waals surface area contributed by atoms with Crippen molar-refractivity contribution in [1.82, 2.24) is 16.0 Å². The van der Waals surface area contributed by atoms with Gasteiger partial charge in [0, 0.05) is 31.6 Å². The van der Waals surface area contributed by atoms with Gasteiger partial charge >= 0.3 is 0 Å². The number of nitrogens with zero attached hydrogens (tertiary/aromatic N) is 1. The van der Waals surface area contributed by atoms with Crippen LogP contribution in [0.25, 0.3) is 0 Å². The summed E-state index contributed by atoms with van der Waals surface area (Å²) in [5.41, 5.74) is 1.09. The van der Waals surface area contributed by atoms with E-state index in [1.165, 1.54) is 0 Å². The number of aliphatic imine (C=N–C) groups is 1. The van der Waals surface area contributed by atoms with Crippen LogP contribution < -0.4 is 25.4 Å². The molecule has 0 bridgehead atoms. The minimum Gasteiger partial charge on any atom is -0.493 e. The standard InChI is InChI=1S/C22H34N4O3.HI/c1-4-29-20-12-15(8-11-19(20)28-3)14-24-22(23-2)26-18-7-5-6-16(13-18)21(27)25-17-9-10-17;/h8,11-12,16-18H,4-7,9-10,13-14H2,1-3H3,(H,25,27)(H2,23,24,26);1H. The maximum absolute atomic E-state index is 12.4. The first kappa shape index (κ1) is 24.6. The van der Waals surface area contributed by atoms with E-state index in [2.05, 4.69) is 20.9 Å². The van der Waals surface area contributed by atoms with Crippen LogP contribution in [0.3, 0.4) is 0 Å². The lowest BCUT2D eigenvalue weighted by Crippen LogP contribution is -2.47. The maximum Gasteiger partial charge on any atom is 0.223 e. The summed E-state index contributed by atoms with van der Waals surface area (Å²) in [6.07, 6.45) is 6.23. The average Bonchev–Trinajstić information content (AvgIpc) is 3.55. The van der Waals surface area contributed by atoms with Gasteiger partial charge in [-0.05, 0) is 56.7 Å². The Balaban J connectivity index is 0.00000320. The highest BCUT2D eigenvalue weighted by molar-refractivity contribution is 14.0. The molecule has 2 saturated carbocycles. The first-order valence-corrected chi connectivity index (χ1v) is 10.7. The minimum atomic E-state index is 0. The van der Waals surface area contributed by atoms with Crippen molar-refractivity contribution in [1.29, 1.82) is 0 Å². The molecule has 2 aliphatic carbocycles. The van der Waals surface area contributed by atoms with E-state index in [9.17, 15) is 4.79 Å². The third-order valence-electron chi connectivity index (χ3n) is 5.52. The molecule has 1 amide bonds. The van der Waals surface area contributed by atoms with Crippen molar-refractivity contribution in [3.05, 3.63) is 23.8 Å². The van der Waals surface area contributed by atoms with Gasteiger partial charge in [-0.2, -0.15) is 0 Å². The van der Waals surface area contributed by atoms with E-state index in [1.54, 1.807) is 14.2 Å². The SMILES string of the molecule is CCOc1cc(CNC(=NC)NC2CCCC(C(=O)NC3CC3)C2)ccc1OC.I. The highest BCUT2D eigenvalue weighted by Gasteiger charge is 2.31. The van der Waals surface area contributed by atoms with Crippen molar-refractivity contribution in [3.8, 4) is 11.5 Å². The summed E-state index contributed by atoms with van der Waals surface area (Å²) in [5, 5.41) is 10.0. The average molecular weight is 530 g/mol. The van der Waals surface area contributed by atoms with Crippen LogP contribution in [-0.4, -0.2) is 44.7 Å². The lowest BCUT2D eigenvalue weighted by atomic mass is 9.85. The maximum atomic E-state index is 12.4. The molecule has 2 unspecified atom stereocenters. The van der Waals surface area contributed by atoms with E-state index in [0.717, 1.165) is 61.5 Å². The van der Waals surface area contributed by atoms with Gasteiger partial charge in [0.05, 0.1) is 13.7 Å². The van der Waals surface area contributed by atoms with Gasteiger partial charge in [-0.25, -0.2) is 0 Å². The predicted molar refractivity (Wildman–Crippen MR) is 130 cm³/mol. The lowest BCUT2D eigenvalue weighted by Gasteiger charge is -2.30. The Bertz CT molecular complexity index is 724. The molecule has 0 heterocycles. The van der Waals surface area contributed by atoms with Gasteiger partial charge in [-0.15, -0.1) is 24.0 Å². The van der Waals surface area contributed by atoms with Gasteiger partial charge < -0.3 is 25.4 Å². The molecule has 0 aromatic heterocycles. The van der Waals surface area contributed by atoms with E-state index in [4.69, 9.17) is 9.47 Å². The smallest absolute Gasteiger partial charge is 0.223 e. The Morgan fingerprint density at radius 3 is 2.60 bits per heavy atom. The summed E-state index contributed by atoms with van der Waals surface area (Å²) in [4.78, 5) is 16.7. The van der Waals surface area contributed by atoms with Crippen LogP contribution in [0, 0.1) is 5.92 Å². The molecule has 0 saturated heterocycles. The van der Waals surface area contributed by atoms with Crippen molar-refractivity contribution in [2.24, 2.45) is 10.9 Å². The summed E-state index contributed by atoms with van der Waals surface area (Å²) in [6, 6.07) is 6.61. The zero-order chi connectivity index (χ0) is 20.6. The number of carbonyl (C=O) groups is 1. The van der Waals surface area contributed by atoms with Crippen LogP contribution >= 0.6 is 24.0 Å². The Morgan fingerprint density at radius 2 is 1.93 bits per heavy atom. The van der Waals surface area contributed by atoms with Crippen LogP contribution in [0.4, 0.5) is 0 Å². The molecule has 0 aliphatic heterocycles. The Kier molecular flexibility index (Phi) is 10.0. The quantitative estimate of drug-likeness (QED) is 0.273. The number of benzene rings is 1. The van der Waals surface area contributed by atoms with Crippen molar-refractivity contribution < 1.29 is 14.3 Å². The largest absolute Gasteiger partial charge is 0.493 e. The van der Waals surface area contributed by atoms with E-state index in [-0.39, 0.29) is 41.8 Å². The summed E-state index contributed by atoms with van der Waals surface area (Å²) in [5.74, 6) is 2.57. The molecule has 30 heavy (non-hydrogen) atoms. The van der Waals surface area contributed by atoms with Crippen LogP contribution in [-0.2, 0) is 11.3 Å². The van der Waals surface area contributed by atoms with Gasteiger partial charge in [0.2, 0.25) is 5.91 Å². The van der Waals surface area contributed by atoms with E-state index < -0.39 is 0 Å². The molecule has 8 heteroatoms. The molecule has 0 spiro atoms. The second-order valence-corrected chi connectivity index (χ2v) is 7.83. The molecule has 3 N–H and O–H groups in total. The topological polar surface area (TPSA) is 84.0 Å². The number of methoxy groups -OCH3 is 1. The number of rotatable bonds is 8. The molecular formula is C22H35IN4O3. The minimum absolute atomic E-state index is 0.